The first-order valence-electron chi connectivity index (χ1n) is 10.6. The summed E-state index contributed by atoms with van der Waals surface area (Å²) in [5.74, 6) is -0.129. The Balaban J connectivity index is 1.44. The summed E-state index contributed by atoms with van der Waals surface area (Å²) in [7, 11) is -6.94. The number of sulfonamides is 1. The molecule has 1 aromatic heterocycles. The van der Waals surface area contributed by atoms with E-state index in [0.717, 1.165) is 19.1 Å². The number of carbonyl (C=O) groups is 1. The summed E-state index contributed by atoms with van der Waals surface area (Å²) in [6.07, 6.45) is 2.95. The van der Waals surface area contributed by atoms with E-state index in [1.807, 2.05) is 6.92 Å². The molecular formula is C22H24N4O6S2. The second-order valence-corrected chi connectivity index (χ2v) is 12.3. The minimum atomic E-state index is -3.61. The van der Waals surface area contributed by atoms with Gasteiger partial charge in [-0.2, -0.15) is 4.31 Å². The normalized spacial score (nSPS) is 17.4. The van der Waals surface area contributed by atoms with Crippen LogP contribution in [0.25, 0.3) is 11.5 Å². The number of aromatic nitrogens is 2. The van der Waals surface area contributed by atoms with Crippen LogP contribution < -0.4 is 5.32 Å². The Morgan fingerprint density at radius 2 is 1.65 bits per heavy atom. The number of hydrogen-bond donors (Lipinski definition) is 1. The van der Waals surface area contributed by atoms with Gasteiger partial charge in [0.05, 0.1) is 9.79 Å². The van der Waals surface area contributed by atoms with Crippen molar-refractivity contribution in [1.29, 1.82) is 0 Å². The van der Waals surface area contributed by atoms with E-state index in [9.17, 15) is 21.6 Å². The van der Waals surface area contributed by atoms with Crippen molar-refractivity contribution in [2.75, 3.05) is 24.7 Å². The topological polar surface area (TPSA) is 140 Å². The molecule has 0 radical (unpaired) electrons. The fourth-order valence-electron chi connectivity index (χ4n) is 3.70. The summed E-state index contributed by atoms with van der Waals surface area (Å²) in [5.41, 5.74) is 0.713. The van der Waals surface area contributed by atoms with Gasteiger partial charge in [0.25, 0.3) is 5.91 Å². The molecule has 2 aromatic carbocycles. The fraction of sp³-hybridized carbons (Fsp3) is 0.318. The Morgan fingerprint density at radius 1 is 1.00 bits per heavy atom. The number of nitrogens with one attached hydrogen (secondary N) is 1. The molecule has 12 heteroatoms. The molecule has 1 fully saturated rings. The number of carbonyl (C=O) groups excluding carboxylic acids is 1. The van der Waals surface area contributed by atoms with Gasteiger partial charge in [-0.3, -0.25) is 10.1 Å². The van der Waals surface area contributed by atoms with E-state index >= 15 is 0 Å². The van der Waals surface area contributed by atoms with E-state index in [1.54, 1.807) is 0 Å². The molecule has 3 aromatic rings. The van der Waals surface area contributed by atoms with Gasteiger partial charge in [-0.1, -0.05) is 12.0 Å². The molecule has 4 rings (SSSR count). The molecule has 0 aliphatic carbocycles. The number of piperidine rings is 1. The number of anilines is 1. The first kappa shape index (κ1) is 24.0. The third-order valence-electron chi connectivity index (χ3n) is 5.55. The summed E-state index contributed by atoms with van der Waals surface area (Å²) in [5, 5.41) is 10.1. The zero-order valence-corrected chi connectivity index (χ0v) is 20.3. The highest BCUT2D eigenvalue weighted by Crippen LogP contribution is 2.25. The van der Waals surface area contributed by atoms with Crippen molar-refractivity contribution in [2.24, 2.45) is 5.92 Å². The monoisotopic (exact) mass is 504 g/mol. The summed E-state index contributed by atoms with van der Waals surface area (Å²) < 4.78 is 55.8. The van der Waals surface area contributed by atoms with Crippen molar-refractivity contribution >= 4 is 31.8 Å². The lowest BCUT2D eigenvalue weighted by Gasteiger charge is -2.30. The molecule has 34 heavy (non-hydrogen) atoms. The van der Waals surface area contributed by atoms with Gasteiger partial charge in [0, 0.05) is 30.5 Å². The van der Waals surface area contributed by atoms with Gasteiger partial charge in [-0.05, 0) is 67.3 Å². The van der Waals surface area contributed by atoms with E-state index in [0.29, 0.717) is 24.6 Å². The molecule has 1 aliphatic rings. The SMILES string of the molecule is CC1CCCN(S(=O)(=O)c2ccc(C(=O)Nc3nnc(-c4ccc(S(C)(=O)=O)cc4)o3)cc2)C1. The standard InChI is InChI=1S/C22H24N4O6S2/c1-15-4-3-13-26(14-15)34(30,31)19-11-5-16(6-12-19)20(27)23-22-25-24-21(32-22)17-7-9-18(10-8-17)33(2,28)29/h5-12,15H,3-4,13-14H2,1-2H3,(H,23,25,27). The molecule has 1 N–H and O–H groups in total. The lowest BCUT2D eigenvalue weighted by atomic mass is 10.0. The first-order chi connectivity index (χ1) is 16.0. The van der Waals surface area contributed by atoms with Crippen LogP contribution in [0.15, 0.2) is 62.7 Å². The maximum atomic E-state index is 12.9. The van der Waals surface area contributed by atoms with E-state index in [1.165, 1.54) is 52.8 Å². The first-order valence-corrected chi connectivity index (χ1v) is 13.9. The van der Waals surface area contributed by atoms with E-state index in [4.69, 9.17) is 4.42 Å². The van der Waals surface area contributed by atoms with Crippen LogP contribution in [0.2, 0.25) is 0 Å². The lowest BCUT2D eigenvalue weighted by Crippen LogP contribution is -2.39. The molecule has 1 saturated heterocycles. The average Bonchev–Trinajstić information content (AvgIpc) is 3.27. The number of sulfone groups is 1. The minimum Gasteiger partial charge on any atom is -0.403 e. The molecular weight excluding hydrogens is 480 g/mol. The summed E-state index contributed by atoms with van der Waals surface area (Å²) >= 11 is 0. The smallest absolute Gasteiger partial charge is 0.322 e. The maximum Gasteiger partial charge on any atom is 0.322 e. The molecule has 0 spiro atoms. The van der Waals surface area contributed by atoms with Gasteiger partial charge in [-0.15, -0.1) is 5.10 Å². The van der Waals surface area contributed by atoms with Crippen molar-refractivity contribution in [2.45, 2.75) is 29.6 Å². The Hall–Kier alpha value is -3.09. The number of nitrogens with zero attached hydrogens (tertiary/aromatic N) is 3. The predicted octanol–water partition coefficient (Wildman–Crippen LogP) is 2.81. The summed E-state index contributed by atoms with van der Waals surface area (Å²) in [6.45, 7) is 3.01. The van der Waals surface area contributed by atoms with E-state index in [-0.39, 0.29) is 27.3 Å². The average molecular weight is 505 g/mol. The van der Waals surface area contributed by atoms with E-state index in [2.05, 4.69) is 15.5 Å². The van der Waals surface area contributed by atoms with Gasteiger partial charge in [-0.25, -0.2) is 16.8 Å². The Morgan fingerprint density at radius 3 is 2.26 bits per heavy atom. The van der Waals surface area contributed by atoms with Crippen molar-refractivity contribution in [3.63, 3.8) is 0 Å². The van der Waals surface area contributed by atoms with Crippen molar-refractivity contribution < 1.29 is 26.0 Å². The van der Waals surface area contributed by atoms with Crippen LogP contribution in [-0.4, -0.2) is 56.6 Å². The Kier molecular flexibility index (Phi) is 6.56. The Bertz CT molecular complexity index is 1400. The minimum absolute atomic E-state index is 0.104. The molecule has 0 bridgehead atoms. The maximum absolute atomic E-state index is 12.9. The predicted molar refractivity (Wildman–Crippen MR) is 124 cm³/mol. The Labute approximate surface area is 198 Å². The lowest BCUT2D eigenvalue weighted by molar-refractivity contribution is 0.102. The van der Waals surface area contributed by atoms with Gasteiger partial charge >= 0.3 is 6.01 Å². The molecule has 1 atom stereocenters. The van der Waals surface area contributed by atoms with E-state index < -0.39 is 25.8 Å². The zero-order chi connectivity index (χ0) is 24.5. The molecule has 1 aliphatic heterocycles. The van der Waals surface area contributed by atoms with Crippen LogP contribution in [0.4, 0.5) is 6.01 Å². The second-order valence-electron chi connectivity index (χ2n) is 8.30. The van der Waals surface area contributed by atoms with Crippen LogP contribution in [0.1, 0.15) is 30.1 Å². The highest BCUT2D eigenvalue weighted by molar-refractivity contribution is 7.90. The molecule has 0 saturated carbocycles. The molecule has 180 valence electrons. The molecule has 1 amide bonds. The molecule has 1 unspecified atom stereocenters. The number of amides is 1. The summed E-state index contributed by atoms with van der Waals surface area (Å²) in [6, 6.07) is 11.4. The molecule has 2 heterocycles. The van der Waals surface area contributed by atoms with Crippen molar-refractivity contribution in [3.05, 3.63) is 54.1 Å². The van der Waals surface area contributed by atoms with Crippen LogP contribution in [-0.2, 0) is 19.9 Å². The number of hydrogen-bond acceptors (Lipinski definition) is 8. The molecule has 10 nitrogen and oxygen atoms in total. The van der Waals surface area contributed by atoms with Crippen LogP contribution in [0.5, 0.6) is 0 Å². The highest BCUT2D eigenvalue weighted by Gasteiger charge is 2.28. The quantitative estimate of drug-likeness (QED) is 0.540. The van der Waals surface area contributed by atoms with Gasteiger partial charge in [0.1, 0.15) is 0 Å². The largest absolute Gasteiger partial charge is 0.403 e. The summed E-state index contributed by atoms with van der Waals surface area (Å²) in [4.78, 5) is 12.8. The zero-order valence-electron chi connectivity index (χ0n) is 18.6. The third kappa shape index (κ3) is 5.18. The highest BCUT2D eigenvalue weighted by atomic mass is 32.2. The second kappa shape index (κ2) is 9.28. The van der Waals surface area contributed by atoms with Crippen molar-refractivity contribution in [1.82, 2.24) is 14.5 Å². The van der Waals surface area contributed by atoms with Crippen LogP contribution in [0.3, 0.4) is 0 Å². The van der Waals surface area contributed by atoms with Crippen LogP contribution in [0, 0.1) is 5.92 Å². The fourth-order valence-corrected chi connectivity index (χ4v) is 5.93. The van der Waals surface area contributed by atoms with Gasteiger partial charge in [0.15, 0.2) is 9.84 Å². The van der Waals surface area contributed by atoms with Crippen molar-refractivity contribution in [3.8, 4) is 11.5 Å². The number of rotatable bonds is 6. The van der Waals surface area contributed by atoms with Gasteiger partial charge in [0.2, 0.25) is 15.9 Å². The number of benzene rings is 2. The van der Waals surface area contributed by atoms with Crippen LogP contribution >= 0.6 is 0 Å². The van der Waals surface area contributed by atoms with Gasteiger partial charge < -0.3 is 4.42 Å². The third-order valence-corrected chi connectivity index (χ3v) is 8.56.